The molecule has 24 heavy (non-hydrogen) atoms. The van der Waals surface area contributed by atoms with Crippen molar-refractivity contribution in [1.29, 1.82) is 0 Å². The minimum absolute atomic E-state index is 0.0605. The van der Waals surface area contributed by atoms with Gasteiger partial charge in [0.2, 0.25) is 0 Å². The van der Waals surface area contributed by atoms with Crippen LogP contribution in [0, 0.1) is 13.8 Å². The van der Waals surface area contributed by atoms with E-state index in [0.29, 0.717) is 12.8 Å². The summed E-state index contributed by atoms with van der Waals surface area (Å²) in [5.74, 6) is 0. The molecule has 1 aromatic heterocycles. The molecule has 1 unspecified atom stereocenters. The van der Waals surface area contributed by atoms with Gasteiger partial charge in [-0.2, -0.15) is 0 Å². The normalized spacial score (nSPS) is 14.2. The van der Waals surface area contributed by atoms with Crippen LogP contribution in [0.4, 0.5) is 0 Å². The second kappa shape index (κ2) is 6.69. The number of rotatable bonds is 6. The molecule has 0 aliphatic heterocycles. The number of fused-ring (bicyclic) bond motifs is 3. The van der Waals surface area contributed by atoms with Gasteiger partial charge in [-0.05, 0) is 51.0 Å². The lowest BCUT2D eigenvalue weighted by atomic mass is 10.1. The van der Waals surface area contributed by atoms with Crippen LogP contribution in [-0.2, 0) is 15.6 Å². The summed E-state index contributed by atoms with van der Waals surface area (Å²) in [5.41, 5.74) is 4.35. The topological polar surface area (TPSA) is 71.7 Å². The largest absolute Gasteiger partial charge is 0.469 e. The first-order valence-electron chi connectivity index (χ1n) is 8.47. The van der Waals surface area contributed by atoms with Crippen LogP contribution >= 0.6 is 7.82 Å². The smallest absolute Gasteiger partial charge is 0.340 e. The molecule has 1 atom stereocenters. The lowest BCUT2D eigenvalue weighted by molar-refractivity contribution is 0.193. The Balaban J connectivity index is 1.95. The highest BCUT2D eigenvalue weighted by Crippen LogP contribution is 2.36. The van der Waals surface area contributed by atoms with Crippen LogP contribution in [0.2, 0.25) is 0 Å². The van der Waals surface area contributed by atoms with E-state index in [1.54, 1.807) is 0 Å². The van der Waals surface area contributed by atoms with Crippen LogP contribution in [0.15, 0.2) is 36.4 Å². The Morgan fingerprint density at radius 1 is 1.04 bits per heavy atom. The van der Waals surface area contributed by atoms with Crippen molar-refractivity contribution in [3.05, 3.63) is 47.5 Å². The van der Waals surface area contributed by atoms with E-state index in [1.807, 2.05) is 28.8 Å². The van der Waals surface area contributed by atoms with Crippen molar-refractivity contribution in [2.45, 2.75) is 33.2 Å². The maximum Gasteiger partial charge on any atom is 0.469 e. The van der Waals surface area contributed by atoms with Crippen molar-refractivity contribution in [2.75, 3.05) is 6.61 Å². The van der Waals surface area contributed by atoms with E-state index in [1.165, 1.54) is 11.1 Å². The van der Waals surface area contributed by atoms with Crippen LogP contribution in [0.1, 0.15) is 25.3 Å². The van der Waals surface area contributed by atoms with Crippen molar-refractivity contribution in [2.24, 2.45) is 0 Å². The van der Waals surface area contributed by atoms with Gasteiger partial charge in [-0.3, -0.25) is 4.52 Å². The summed E-state index contributed by atoms with van der Waals surface area (Å²) in [6.07, 6.45) is 0.846. The highest BCUT2D eigenvalue weighted by molar-refractivity contribution is 7.46. The molecule has 0 saturated carbocycles. The Morgan fingerprint density at radius 2 is 1.58 bits per heavy atom. The zero-order valence-corrected chi connectivity index (χ0v) is 14.7. The van der Waals surface area contributed by atoms with E-state index in [9.17, 15) is 4.57 Å². The fourth-order valence-electron chi connectivity index (χ4n) is 2.97. The number of phosphoric ester groups is 1. The number of nitrogens with zero attached hydrogens (tertiary/aromatic N) is 1. The molecule has 2 N–H and O–H groups in total. The third-order valence-corrected chi connectivity index (χ3v) is 4.55. The number of benzene rings is 2. The van der Waals surface area contributed by atoms with Crippen molar-refractivity contribution < 1.29 is 20.2 Å². The third-order valence-electron chi connectivity index (χ3n) is 4.03. The Hall–Kier alpha value is -1.65. The number of aryl methyl sites for hydroxylation is 3. The van der Waals surface area contributed by atoms with Crippen molar-refractivity contribution in [3.8, 4) is 0 Å². The molecule has 2 aromatic carbocycles. The Bertz CT molecular complexity index is 903. The van der Waals surface area contributed by atoms with E-state index in [-0.39, 0.29) is 6.61 Å². The van der Waals surface area contributed by atoms with Crippen LogP contribution < -0.4 is 0 Å². The molecule has 0 amide bonds. The predicted molar refractivity (Wildman–Crippen MR) is 96.1 cm³/mol. The summed E-state index contributed by atoms with van der Waals surface area (Å²) >= 11 is 0. The lowest BCUT2D eigenvalue weighted by Crippen LogP contribution is -2.00. The lowest BCUT2D eigenvalue weighted by Gasteiger charge is -2.08. The fourth-order valence-corrected chi connectivity index (χ4v) is 3.33. The SMILES string of the molecule is [2H]C(CCCOP(=O)(O)O)n1c2ccc(C)cc2c2cc(C)ccc21. The van der Waals surface area contributed by atoms with Gasteiger partial charge in [-0.1, -0.05) is 23.3 Å². The molecular formula is C18H22NO4P. The summed E-state index contributed by atoms with van der Waals surface area (Å²) in [6.45, 7) is 3.49. The Kier molecular flexibility index (Phi) is 4.42. The van der Waals surface area contributed by atoms with Gasteiger partial charge in [-0.15, -0.1) is 0 Å². The van der Waals surface area contributed by atoms with E-state index in [2.05, 4.69) is 30.5 Å². The maximum absolute atomic E-state index is 10.7. The third kappa shape index (κ3) is 3.70. The predicted octanol–water partition coefficient (Wildman–Crippen LogP) is 4.30. The van der Waals surface area contributed by atoms with Crippen LogP contribution in [-0.4, -0.2) is 21.0 Å². The van der Waals surface area contributed by atoms with Gasteiger partial charge in [-0.25, -0.2) is 4.57 Å². The molecule has 5 nitrogen and oxygen atoms in total. The molecular weight excluding hydrogens is 325 g/mol. The molecule has 0 aliphatic carbocycles. The van der Waals surface area contributed by atoms with Gasteiger partial charge in [0.25, 0.3) is 0 Å². The number of aromatic nitrogens is 1. The zero-order chi connectivity index (χ0) is 18.2. The maximum atomic E-state index is 10.7. The molecule has 0 radical (unpaired) electrons. The summed E-state index contributed by atoms with van der Waals surface area (Å²) in [5, 5.41) is 2.25. The monoisotopic (exact) mass is 348 g/mol. The first kappa shape index (κ1) is 15.9. The Morgan fingerprint density at radius 3 is 2.08 bits per heavy atom. The molecule has 0 aliphatic rings. The second-order valence-electron chi connectivity index (χ2n) is 6.06. The first-order valence-corrected chi connectivity index (χ1v) is 9.42. The van der Waals surface area contributed by atoms with E-state index >= 15 is 0 Å². The average Bonchev–Trinajstić information content (AvgIpc) is 2.83. The van der Waals surface area contributed by atoms with Gasteiger partial charge in [0, 0.05) is 29.7 Å². The molecule has 3 aromatic rings. The average molecular weight is 348 g/mol. The van der Waals surface area contributed by atoms with Crippen molar-refractivity contribution in [3.63, 3.8) is 0 Å². The molecule has 0 spiro atoms. The number of phosphoric acid groups is 1. The molecule has 0 bridgehead atoms. The standard InChI is InChI=1S/C18H22NO4P/c1-13-5-7-17-15(11-13)16-12-14(2)6-8-18(16)19(17)9-3-4-10-23-24(20,21)22/h5-8,11-12H,3-4,9-10H2,1-2H3,(H2,20,21,22)/i9D. The van der Waals surface area contributed by atoms with E-state index in [4.69, 9.17) is 11.2 Å². The van der Waals surface area contributed by atoms with Gasteiger partial charge >= 0.3 is 7.82 Å². The fraction of sp³-hybridized carbons (Fsp3) is 0.333. The van der Waals surface area contributed by atoms with Crippen LogP contribution in [0.25, 0.3) is 21.8 Å². The summed E-state index contributed by atoms with van der Waals surface area (Å²) < 4.78 is 25.8. The van der Waals surface area contributed by atoms with Gasteiger partial charge < -0.3 is 14.4 Å². The van der Waals surface area contributed by atoms with Gasteiger partial charge in [0.05, 0.1) is 6.61 Å². The highest BCUT2D eigenvalue weighted by Gasteiger charge is 2.13. The molecule has 1 heterocycles. The molecule has 6 heteroatoms. The van der Waals surface area contributed by atoms with Crippen LogP contribution in [0.3, 0.4) is 0 Å². The molecule has 0 fully saturated rings. The number of hydrogen-bond donors (Lipinski definition) is 2. The summed E-state index contributed by atoms with van der Waals surface area (Å²) in [6, 6.07) is 12.4. The minimum atomic E-state index is -4.44. The minimum Gasteiger partial charge on any atom is -0.340 e. The first-order chi connectivity index (χ1) is 11.8. The quantitative estimate of drug-likeness (QED) is 0.515. The molecule has 0 saturated heterocycles. The van der Waals surface area contributed by atoms with E-state index in [0.717, 1.165) is 21.8 Å². The van der Waals surface area contributed by atoms with Crippen molar-refractivity contribution >= 4 is 29.6 Å². The second-order valence-corrected chi connectivity index (χ2v) is 7.30. The van der Waals surface area contributed by atoms with Crippen LogP contribution in [0.5, 0.6) is 0 Å². The number of hydrogen-bond acceptors (Lipinski definition) is 2. The zero-order valence-electron chi connectivity index (χ0n) is 14.8. The van der Waals surface area contributed by atoms with Crippen molar-refractivity contribution in [1.82, 2.24) is 4.57 Å². The van der Waals surface area contributed by atoms with Gasteiger partial charge in [0.1, 0.15) is 0 Å². The highest BCUT2D eigenvalue weighted by atomic mass is 31.2. The van der Waals surface area contributed by atoms with Gasteiger partial charge in [0.15, 0.2) is 0 Å². The Labute approximate surface area is 142 Å². The molecule has 3 rings (SSSR count). The summed E-state index contributed by atoms with van der Waals surface area (Å²) in [7, 11) is -4.44. The molecule has 128 valence electrons. The van der Waals surface area contributed by atoms with E-state index < -0.39 is 14.3 Å². The summed E-state index contributed by atoms with van der Waals surface area (Å²) in [4.78, 5) is 17.5.